The lowest BCUT2D eigenvalue weighted by atomic mass is 9.86. The van der Waals surface area contributed by atoms with Crippen molar-refractivity contribution in [3.05, 3.63) is 0 Å². The van der Waals surface area contributed by atoms with E-state index in [-0.39, 0.29) is 11.2 Å². The molecule has 0 aromatic heterocycles. The molecule has 0 saturated carbocycles. The van der Waals surface area contributed by atoms with E-state index in [1.165, 1.54) is 25.7 Å². The van der Waals surface area contributed by atoms with Crippen LogP contribution in [0.1, 0.15) is 92.9 Å². The predicted octanol–water partition coefficient (Wildman–Crippen LogP) is 5.72. The van der Waals surface area contributed by atoms with Crippen LogP contribution in [0.4, 0.5) is 0 Å². The first-order valence-electron chi connectivity index (χ1n) is 7.77. The molecule has 0 aliphatic heterocycles. The summed E-state index contributed by atoms with van der Waals surface area (Å²) in [7, 11) is 0. The largest absolute Gasteiger partial charge is 0.369 e. The topological polar surface area (TPSA) is 9.23 Å². The maximum absolute atomic E-state index is 6.70. The van der Waals surface area contributed by atoms with E-state index in [0.29, 0.717) is 0 Å². The molecule has 0 N–H and O–H groups in total. The van der Waals surface area contributed by atoms with E-state index in [0.717, 1.165) is 25.7 Å². The summed E-state index contributed by atoms with van der Waals surface area (Å²) in [5, 5.41) is 0. The van der Waals surface area contributed by atoms with Crippen LogP contribution < -0.4 is 0 Å². The standard InChI is InChI=1S/C16H34O/c1-7-13-15(9-3,10-4)17-16(11-5,12-6)14-8-2/h7-14H2,1-6H3. The van der Waals surface area contributed by atoms with Crippen LogP contribution in [-0.4, -0.2) is 11.2 Å². The van der Waals surface area contributed by atoms with Crippen molar-refractivity contribution in [1.82, 2.24) is 0 Å². The number of hydrogen-bond donors (Lipinski definition) is 0. The molecular formula is C16H34O. The van der Waals surface area contributed by atoms with Gasteiger partial charge in [-0.1, -0.05) is 54.4 Å². The fourth-order valence-electron chi connectivity index (χ4n) is 2.97. The van der Waals surface area contributed by atoms with Gasteiger partial charge in [0.2, 0.25) is 0 Å². The Morgan fingerprint density at radius 1 is 0.588 bits per heavy atom. The molecule has 0 saturated heterocycles. The molecule has 0 aliphatic rings. The first-order chi connectivity index (χ1) is 8.07. The molecule has 0 atom stereocenters. The highest BCUT2D eigenvalue weighted by Gasteiger charge is 2.36. The zero-order chi connectivity index (χ0) is 13.4. The average molecular weight is 242 g/mol. The fourth-order valence-corrected chi connectivity index (χ4v) is 2.97. The monoisotopic (exact) mass is 242 g/mol. The molecular weight excluding hydrogens is 208 g/mol. The van der Waals surface area contributed by atoms with Crippen molar-refractivity contribution in [3.63, 3.8) is 0 Å². The summed E-state index contributed by atoms with van der Waals surface area (Å²) in [6.45, 7) is 13.6. The lowest BCUT2D eigenvalue weighted by molar-refractivity contribution is -0.172. The minimum absolute atomic E-state index is 0.121. The molecule has 0 radical (unpaired) electrons. The molecule has 0 bridgehead atoms. The van der Waals surface area contributed by atoms with Crippen molar-refractivity contribution in [2.45, 2.75) is 104 Å². The van der Waals surface area contributed by atoms with Crippen LogP contribution in [0.3, 0.4) is 0 Å². The molecule has 0 amide bonds. The minimum atomic E-state index is 0.121. The van der Waals surface area contributed by atoms with Gasteiger partial charge in [0, 0.05) is 0 Å². The maximum Gasteiger partial charge on any atom is 0.0684 e. The van der Waals surface area contributed by atoms with E-state index in [2.05, 4.69) is 41.5 Å². The first-order valence-corrected chi connectivity index (χ1v) is 7.77. The number of ether oxygens (including phenoxy) is 1. The fraction of sp³-hybridized carbons (Fsp3) is 1.00. The summed E-state index contributed by atoms with van der Waals surface area (Å²) in [5.74, 6) is 0. The van der Waals surface area contributed by atoms with Crippen molar-refractivity contribution in [2.24, 2.45) is 0 Å². The molecule has 0 aliphatic carbocycles. The van der Waals surface area contributed by atoms with Gasteiger partial charge in [0.05, 0.1) is 11.2 Å². The second-order valence-corrected chi connectivity index (χ2v) is 5.38. The summed E-state index contributed by atoms with van der Waals surface area (Å²) < 4.78 is 6.70. The van der Waals surface area contributed by atoms with Crippen LogP contribution in [0.25, 0.3) is 0 Å². The quantitative estimate of drug-likeness (QED) is 0.476. The average Bonchev–Trinajstić information content (AvgIpc) is 2.37. The molecule has 0 unspecified atom stereocenters. The zero-order valence-electron chi connectivity index (χ0n) is 13.1. The highest BCUT2D eigenvalue weighted by molar-refractivity contribution is 4.86. The van der Waals surface area contributed by atoms with Crippen LogP contribution in [0.2, 0.25) is 0 Å². The van der Waals surface area contributed by atoms with Crippen molar-refractivity contribution in [1.29, 1.82) is 0 Å². The lowest BCUT2D eigenvalue weighted by Crippen LogP contribution is -2.43. The molecule has 104 valence electrons. The maximum atomic E-state index is 6.70. The molecule has 0 fully saturated rings. The Balaban J connectivity index is 4.89. The highest BCUT2D eigenvalue weighted by atomic mass is 16.5. The first kappa shape index (κ1) is 17.0. The van der Waals surface area contributed by atoms with E-state index >= 15 is 0 Å². The van der Waals surface area contributed by atoms with Crippen molar-refractivity contribution in [3.8, 4) is 0 Å². The summed E-state index contributed by atoms with van der Waals surface area (Å²) in [5.41, 5.74) is 0.242. The number of hydrogen-bond acceptors (Lipinski definition) is 1. The molecule has 1 nitrogen and oxygen atoms in total. The third-order valence-electron chi connectivity index (χ3n) is 4.42. The van der Waals surface area contributed by atoms with Gasteiger partial charge in [0.25, 0.3) is 0 Å². The number of rotatable bonds is 10. The van der Waals surface area contributed by atoms with Gasteiger partial charge in [-0.3, -0.25) is 0 Å². The highest BCUT2D eigenvalue weighted by Crippen LogP contribution is 2.37. The zero-order valence-corrected chi connectivity index (χ0v) is 13.1. The minimum Gasteiger partial charge on any atom is -0.369 e. The van der Waals surface area contributed by atoms with E-state index < -0.39 is 0 Å². The predicted molar refractivity (Wildman–Crippen MR) is 77.5 cm³/mol. The van der Waals surface area contributed by atoms with Gasteiger partial charge in [-0.05, 0) is 38.5 Å². The molecule has 0 aromatic rings. The second kappa shape index (κ2) is 8.13. The van der Waals surface area contributed by atoms with Gasteiger partial charge in [0.1, 0.15) is 0 Å². The Morgan fingerprint density at radius 2 is 0.882 bits per heavy atom. The normalized spacial score (nSPS) is 13.1. The molecule has 0 spiro atoms. The van der Waals surface area contributed by atoms with Crippen LogP contribution in [0, 0.1) is 0 Å². The van der Waals surface area contributed by atoms with Crippen LogP contribution in [-0.2, 0) is 4.74 Å². The van der Waals surface area contributed by atoms with E-state index in [9.17, 15) is 0 Å². The van der Waals surface area contributed by atoms with Gasteiger partial charge >= 0.3 is 0 Å². The summed E-state index contributed by atoms with van der Waals surface area (Å²) in [6.07, 6.45) is 9.41. The van der Waals surface area contributed by atoms with Gasteiger partial charge in [-0.15, -0.1) is 0 Å². The SMILES string of the molecule is CCCC(CC)(CC)OC(CC)(CC)CCC. The van der Waals surface area contributed by atoms with Gasteiger partial charge < -0.3 is 4.74 Å². The molecule has 0 rings (SSSR count). The molecule has 0 heterocycles. The van der Waals surface area contributed by atoms with Crippen molar-refractivity contribution >= 4 is 0 Å². The van der Waals surface area contributed by atoms with Crippen molar-refractivity contribution in [2.75, 3.05) is 0 Å². The van der Waals surface area contributed by atoms with Gasteiger partial charge in [0.15, 0.2) is 0 Å². The van der Waals surface area contributed by atoms with Crippen LogP contribution in [0.15, 0.2) is 0 Å². The Labute approximate surface area is 109 Å². The second-order valence-electron chi connectivity index (χ2n) is 5.38. The molecule has 0 aromatic carbocycles. The van der Waals surface area contributed by atoms with Crippen LogP contribution in [0.5, 0.6) is 0 Å². The Bertz CT molecular complexity index is 158. The summed E-state index contributed by atoms with van der Waals surface area (Å²) in [4.78, 5) is 0. The lowest BCUT2D eigenvalue weighted by Gasteiger charge is -2.43. The summed E-state index contributed by atoms with van der Waals surface area (Å²) >= 11 is 0. The Hall–Kier alpha value is -0.0400. The molecule has 1 heteroatoms. The Morgan fingerprint density at radius 3 is 1.06 bits per heavy atom. The summed E-state index contributed by atoms with van der Waals surface area (Å²) in [6, 6.07) is 0. The Kier molecular flexibility index (Phi) is 8.11. The van der Waals surface area contributed by atoms with Gasteiger partial charge in [-0.25, -0.2) is 0 Å². The van der Waals surface area contributed by atoms with Gasteiger partial charge in [-0.2, -0.15) is 0 Å². The van der Waals surface area contributed by atoms with E-state index in [1.807, 2.05) is 0 Å². The van der Waals surface area contributed by atoms with Crippen LogP contribution >= 0.6 is 0 Å². The van der Waals surface area contributed by atoms with E-state index in [1.54, 1.807) is 0 Å². The van der Waals surface area contributed by atoms with Crippen molar-refractivity contribution < 1.29 is 4.74 Å². The third kappa shape index (κ3) is 4.62. The van der Waals surface area contributed by atoms with E-state index in [4.69, 9.17) is 4.74 Å². The third-order valence-corrected chi connectivity index (χ3v) is 4.42. The molecule has 17 heavy (non-hydrogen) atoms. The smallest absolute Gasteiger partial charge is 0.0684 e.